The van der Waals surface area contributed by atoms with E-state index in [1.54, 1.807) is 35.1 Å². The van der Waals surface area contributed by atoms with E-state index < -0.39 is 0 Å². The van der Waals surface area contributed by atoms with Crippen molar-refractivity contribution < 1.29 is 28.5 Å². The molecule has 1 aromatic carbocycles. The fourth-order valence-electron chi connectivity index (χ4n) is 4.92. The minimum Gasteiger partial charge on any atom is -0.497 e. The molecule has 3 aliphatic heterocycles. The van der Waals surface area contributed by atoms with Gasteiger partial charge in [0.2, 0.25) is 0 Å². The average molecular weight is 477 g/mol. The first-order chi connectivity index (χ1) is 16.6. The number of amides is 3. The molecule has 3 fully saturated rings. The molecule has 0 radical (unpaired) electrons. The molecule has 3 saturated heterocycles. The molecule has 4 rings (SSSR count). The van der Waals surface area contributed by atoms with Gasteiger partial charge in [-0.2, -0.15) is 0 Å². The lowest BCUT2D eigenvalue weighted by Gasteiger charge is -2.39. The van der Waals surface area contributed by atoms with E-state index in [2.05, 4.69) is 10.2 Å². The number of methoxy groups -OCH3 is 2. The zero-order chi connectivity index (χ0) is 23.9. The minimum absolute atomic E-state index is 0.0775. The second kappa shape index (κ2) is 11.7. The zero-order valence-electron chi connectivity index (χ0n) is 20.2. The van der Waals surface area contributed by atoms with Gasteiger partial charge in [-0.25, -0.2) is 4.79 Å². The summed E-state index contributed by atoms with van der Waals surface area (Å²) in [6, 6.07) is 5.35. The number of carbonyl (C=O) groups is 2. The van der Waals surface area contributed by atoms with Crippen LogP contribution in [0.1, 0.15) is 16.8 Å². The van der Waals surface area contributed by atoms with Gasteiger partial charge >= 0.3 is 6.03 Å². The van der Waals surface area contributed by atoms with Crippen LogP contribution in [0.5, 0.6) is 11.5 Å². The predicted octanol–water partition coefficient (Wildman–Crippen LogP) is 0.909. The predicted molar refractivity (Wildman–Crippen MR) is 126 cm³/mol. The van der Waals surface area contributed by atoms with Crippen LogP contribution >= 0.6 is 0 Å². The highest BCUT2D eigenvalue weighted by atomic mass is 16.5. The summed E-state index contributed by atoms with van der Waals surface area (Å²) in [5.41, 5.74) is 0.494. The van der Waals surface area contributed by atoms with Crippen molar-refractivity contribution in [3.05, 3.63) is 23.8 Å². The third kappa shape index (κ3) is 5.73. The van der Waals surface area contributed by atoms with Gasteiger partial charge in [-0.3, -0.25) is 9.69 Å². The maximum Gasteiger partial charge on any atom is 0.317 e. The van der Waals surface area contributed by atoms with Crippen LogP contribution in [-0.2, 0) is 9.47 Å². The summed E-state index contributed by atoms with van der Waals surface area (Å²) in [4.78, 5) is 31.9. The molecule has 0 saturated carbocycles. The largest absolute Gasteiger partial charge is 0.497 e. The van der Waals surface area contributed by atoms with Gasteiger partial charge in [0.25, 0.3) is 5.91 Å². The number of rotatable bonds is 7. The van der Waals surface area contributed by atoms with E-state index in [4.69, 9.17) is 18.9 Å². The van der Waals surface area contributed by atoms with Gasteiger partial charge < -0.3 is 34.1 Å². The number of nitrogens with zero attached hydrogens (tertiary/aromatic N) is 3. The number of piperazine rings is 1. The molecule has 1 aromatic rings. The summed E-state index contributed by atoms with van der Waals surface area (Å²) in [5.74, 6) is 1.43. The fourth-order valence-corrected chi connectivity index (χ4v) is 4.92. The zero-order valence-corrected chi connectivity index (χ0v) is 20.2. The molecule has 2 unspecified atom stereocenters. The maximum absolute atomic E-state index is 13.1. The summed E-state index contributed by atoms with van der Waals surface area (Å²) in [6.45, 7) is 7.28. The second-order valence-corrected chi connectivity index (χ2v) is 8.87. The number of hydrogen-bond donors (Lipinski definition) is 1. The summed E-state index contributed by atoms with van der Waals surface area (Å²) in [5, 5.41) is 3.14. The topological polar surface area (TPSA) is 92.8 Å². The summed E-state index contributed by atoms with van der Waals surface area (Å²) >= 11 is 0. The summed E-state index contributed by atoms with van der Waals surface area (Å²) in [7, 11) is 3.11. The van der Waals surface area contributed by atoms with Gasteiger partial charge in [0.1, 0.15) is 11.5 Å². The van der Waals surface area contributed by atoms with Gasteiger partial charge in [-0.15, -0.1) is 0 Å². The first kappa shape index (κ1) is 24.6. The van der Waals surface area contributed by atoms with Crippen molar-refractivity contribution in [2.75, 3.05) is 86.5 Å². The van der Waals surface area contributed by atoms with Crippen LogP contribution in [0.3, 0.4) is 0 Å². The van der Waals surface area contributed by atoms with Crippen molar-refractivity contribution in [2.24, 2.45) is 5.92 Å². The number of ether oxygens (including phenoxy) is 4. The molecule has 0 aliphatic carbocycles. The molecule has 188 valence electrons. The quantitative estimate of drug-likeness (QED) is 0.625. The number of nitrogens with one attached hydrogen (secondary N) is 1. The summed E-state index contributed by atoms with van der Waals surface area (Å²) in [6.07, 6.45) is 1.02. The van der Waals surface area contributed by atoms with Gasteiger partial charge in [0.05, 0.1) is 39.6 Å². The monoisotopic (exact) mass is 476 g/mol. The molecule has 3 amide bonds. The molecule has 3 heterocycles. The Kier molecular flexibility index (Phi) is 8.47. The van der Waals surface area contributed by atoms with Crippen LogP contribution in [0.15, 0.2) is 18.2 Å². The van der Waals surface area contributed by atoms with E-state index >= 15 is 0 Å². The maximum atomic E-state index is 13.1. The van der Waals surface area contributed by atoms with Crippen LogP contribution in [0.2, 0.25) is 0 Å². The SMILES string of the molecule is COc1ccc(C(=O)N2CCN(C(=O)NCC(C3CCOC3)N3CCOCC3)CC2)c(OC)c1. The van der Waals surface area contributed by atoms with Crippen LogP contribution in [-0.4, -0.2) is 119 Å². The Morgan fingerprint density at radius 2 is 1.74 bits per heavy atom. The third-order valence-electron chi connectivity index (χ3n) is 6.98. The molecular weight excluding hydrogens is 440 g/mol. The van der Waals surface area contributed by atoms with E-state index in [-0.39, 0.29) is 18.0 Å². The molecular formula is C24H36N4O6. The van der Waals surface area contributed by atoms with Crippen molar-refractivity contribution in [1.29, 1.82) is 0 Å². The lowest BCUT2D eigenvalue weighted by atomic mass is 9.97. The molecule has 0 bridgehead atoms. The first-order valence-corrected chi connectivity index (χ1v) is 12.0. The van der Waals surface area contributed by atoms with Crippen molar-refractivity contribution >= 4 is 11.9 Å². The fraction of sp³-hybridized carbons (Fsp3) is 0.667. The van der Waals surface area contributed by atoms with Gasteiger partial charge in [-0.1, -0.05) is 0 Å². The third-order valence-corrected chi connectivity index (χ3v) is 6.98. The van der Waals surface area contributed by atoms with Gasteiger partial charge in [-0.05, 0) is 18.6 Å². The lowest BCUT2D eigenvalue weighted by Crippen LogP contribution is -2.56. The van der Waals surface area contributed by atoms with Crippen LogP contribution < -0.4 is 14.8 Å². The molecule has 0 aromatic heterocycles. The van der Waals surface area contributed by atoms with Crippen LogP contribution in [0.25, 0.3) is 0 Å². The van der Waals surface area contributed by atoms with E-state index in [1.165, 1.54) is 7.11 Å². The molecule has 10 nitrogen and oxygen atoms in total. The molecule has 0 spiro atoms. The van der Waals surface area contributed by atoms with Crippen LogP contribution in [0, 0.1) is 5.92 Å². The Bertz CT molecular complexity index is 833. The summed E-state index contributed by atoms with van der Waals surface area (Å²) < 4.78 is 21.7. The number of carbonyl (C=O) groups excluding carboxylic acids is 2. The Morgan fingerprint density at radius 3 is 2.38 bits per heavy atom. The van der Waals surface area contributed by atoms with Crippen molar-refractivity contribution in [1.82, 2.24) is 20.0 Å². The standard InChI is InChI=1S/C24H36N4O6/c1-31-19-3-4-20(22(15-19)32-2)23(29)27-6-8-28(9-7-27)24(30)25-16-21(18-5-12-34-17-18)26-10-13-33-14-11-26/h3-4,15,18,21H,5-14,16-17H2,1-2H3,(H,25,30). The molecule has 3 aliphatic rings. The Balaban J connectivity index is 1.29. The van der Waals surface area contributed by atoms with E-state index in [0.29, 0.717) is 55.7 Å². The Hall–Kier alpha value is -2.56. The normalized spacial score (nSPS) is 22.4. The molecule has 2 atom stereocenters. The number of hydrogen-bond acceptors (Lipinski definition) is 7. The lowest BCUT2D eigenvalue weighted by molar-refractivity contribution is 0.00175. The Morgan fingerprint density at radius 1 is 1.00 bits per heavy atom. The average Bonchev–Trinajstić information content (AvgIpc) is 3.43. The van der Waals surface area contributed by atoms with Gasteiger partial charge in [0, 0.05) is 70.4 Å². The van der Waals surface area contributed by atoms with E-state index in [9.17, 15) is 9.59 Å². The minimum atomic E-state index is -0.104. The van der Waals surface area contributed by atoms with Gasteiger partial charge in [0.15, 0.2) is 0 Å². The van der Waals surface area contributed by atoms with Crippen molar-refractivity contribution in [2.45, 2.75) is 12.5 Å². The highest BCUT2D eigenvalue weighted by Crippen LogP contribution is 2.26. The van der Waals surface area contributed by atoms with E-state index in [0.717, 1.165) is 45.9 Å². The van der Waals surface area contributed by atoms with Crippen molar-refractivity contribution in [3.63, 3.8) is 0 Å². The molecule has 34 heavy (non-hydrogen) atoms. The molecule has 10 heteroatoms. The smallest absolute Gasteiger partial charge is 0.317 e. The molecule has 1 N–H and O–H groups in total. The number of benzene rings is 1. The first-order valence-electron chi connectivity index (χ1n) is 12.0. The Labute approximate surface area is 201 Å². The number of urea groups is 1. The van der Waals surface area contributed by atoms with Crippen LogP contribution in [0.4, 0.5) is 4.79 Å². The number of morpholine rings is 1. The van der Waals surface area contributed by atoms with Crippen molar-refractivity contribution in [3.8, 4) is 11.5 Å². The van der Waals surface area contributed by atoms with E-state index in [1.807, 2.05) is 0 Å². The second-order valence-electron chi connectivity index (χ2n) is 8.87. The highest BCUT2D eigenvalue weighted by Gasteiger charge is 2.33. The highest BCUT2D eigenvalue weighted by molar-refractivity contribution is 5.97.